The van der Waals surface area contributed by atoms with Crippen molar-refractivity contribution in [3.8, 4) is 17.7 Å². The number of hydrogen-bond donors (Lipinski definition) is 1. The lowest BCUT2D eigenvalue weighted by atomic mass is 9.93. The second kappa shape index (κ2) is 9.06. The monoisotopic (exact) mass is 433 g/mol. The Kier molecular flexibility index (Phi) is 6.03. The summed E-state index contributed by atoms with van der Waals surface area (Å²) in [5.74, 6) is -0.910. The number of methoxy groups -OCH3 is 2. The molecule has 4 heterocycles. The number of nitriles is 1. The van der Waals surface area contributed by atoms with Gasteiger partial charge in [0.15, 0.2) is 0 Å². The molecule has 9 nitrogen and oxygen atoms in total. The van der Waals surface area contributed by atoms with E-state index >= 15 is 0 Å². The highest BCUT2D eigenvalue weighted by Crippen LogP contribution is 2.43. The minimum Gasteiger partial charge on any atom is -0.495 e. The number of nitrogens with one attached hydrogen (secondary N) is 1. The average Bonchev–Trinajstić information content (AvgIpc) is 3.29. The van der Waals surface area contributed by atoms with Gasteiger partial charge in [0.05, 0.1) is 37.6 Å². The van der Waals surface area contributed by atoms with Gasteiger partial charge in [-0.25, -0.2) is 4.98 Å². The van der Waals surface area contributed by atoms with Crippen molar-refractivity contribution >= 4 is 23.0 Å². The molecule has 4 rings (SSSR count). The smallest absolute Gasteiger partial charge is 0.290 e. The lowest BCUT2D eigenvalue weighted by Gasteiger charge is -2.29. The number of nitrogens with zero attached hydrogens (tertiary/aromatic N) is 4. The molecule has 0 radical (unpaired) electrons. The Morgan fingerprint density at radius 3 is 2.59 bits per heavy atom. The number of ether oxygens (including phenoxy) is 2. The van der Waals surface area contributed by atoms with Crippen molar-refractivity contribution in [2.24, 2.45) is 0 Å². The maximum Gasteiger partial charge on any atom is 0.290 e. The largest absolute Gasteiger partial charge is 0.495 e. The predicted molar refractivity (Wildman–Crippen MR) is 116 cm³/mol. The fraction of sp³-hybridized carbons (Fsp3) is 0.348. The summed E-state index contributed by atoms with van der Waals surface area (Å²) in [4.78, 5) is 36.2. The van der Waals surface area contributed by atoms with Crippen molar-refractivity contribution in [3.05, 3.63) is 47.4 Å². The number of Topliss-reactive ketones (excluding diaryl/α,β-unsaturated/α-hetero) is 1. The molecule has 0 spiro atoms. The molecule has 1 atom stereocenters. The molecular formula is C23H23N5O4. The number of piperidine rings is 1. The number of carbonyl (C=O) groups is 2. The number of ketones is 1. The summed E-state index contributed by atoms with van der Waals surface area (Å²) >= 11 is 0. The number of amides is 1. The molecule has 0 aliphatic carbocycles. The Morgan fingerprint density at radius 1 is 1.19 bits per heavy atom. The highest BCUT2D eigenvalue weighted by atomic mass is 16.5. The minimum absolute atomic E-state index is 0.273. The third kappa shape index (κ3) is 3.75. The van der Waals surface area contributed by atoms with Crippen molar-refractivity contribution < 1.29 is 19.1 Å². The zero-order valence-corrected chi connectivity index (χ0v) is 17.9. The molecule has 1 amide bonds. The van der Waals surface area contributed by atoms with E-state index in [1.807, 2.05) is 6.07 Å². The minimum atomic E-state index is -0.676. The van der Waals surface area contributed by atoms with Gasteiger partial charge in [-0.3, -0.25) is 14.6 Å². The molecule has 2 aromatic rings. The number of pyridine rings is 2. The summed E-state index contributed by atoms with van der Waals surface area (Å²) in [7, 11) is 2.99. The van der Waals surface area contributed by atoms with Gasteiger partial charge < -0.3 is 19.7 Å². The summed E-state index contributed by atoms with van der Waals surface area (Å²) in [6.07, 6.45) is 4.20. The zero-order valence-electron chi connectivity index (χ0n) is 17.9. The van der Waals surface area contributed by atoms with E-state index in [0.717, 1.165) is 5.57 Å². The number of allylic oxidation sites excluding steroid dienone is 1. The quantitative estimate of drug-likeness (QED) is 0.563. The van der Waals surface area contributed by atoms with Crippen molar-refractivity contribution in [1.82, 2.24) is 14.9 Å². The fourth-order valence-corrected chi connectivity index (χ4v) is 4.22. The first-order valence-electron chi connectivity index (χ1n) is 10.3. The van der Waals surface area contributed by atoms with E-state index in [9.17, 15) is 14.9 Å². The van der Waals surface area contributed by atoms with E-state index in [-0.39, 0.29) is 6.54 Å². The van der Waals surface area contributed by atoms with Gasteiger partial charge in [-0.2, -0.15) is 5.26 Å². The Morgan fingerprint density at radius 2 is 1.97 bits per heavy atom. The van der Waals surface area contributed by atoms with Gasteiger partial charge in [-0.05, 0) is 30.5 Å². The highest BCUT2D eigenvalue weighted by Gasteiger charge is 2.39. The standard InChI is InChI=1S/C23H23N5O4/c1-31-18-13-27-22(32-2)20-19(18)16(12-26-20)21(29)23(30)28-9-6-14(7-10-28)15(11-24)17-5-3-4-8-25-17/h3-5,8,13,16,26H,6-7,9-10,12H2,1-2H3. The number of hydrogen-bond acceptors (Lipinski definition) is 8. The van der Waals surface area contributed by atoms with Crippen LogP contribution in [-0.4, -0.2) is 60.4 Å². The summed E-state index contributed by atoms with van der Waals surface area (Å²) in [5, 5.41) is 12.7. The summed E-state index contributed by atoms with van der Waals surface area (Å²) in [6, 6.07) is 7.68. The molecule has 0 bridgehead atoms. The van der Waals surface area contributed by atoms with Crippen LogP contribution in [0.3, 0.4) is 0 Å². The van der Waals surface area contributed by atoms with Crippen LogP contribution >= 0.6 is 0 Å². The van der Waals surface area contributed by atoms with Crippen molar-refractivity contribution in [1.29, 1.82) is 5.26 Å². The fourth-order valence-electron chi connectivity index (χ4n) is 4.22. The highest BCUT2D eigenvalue weighted by molar-refractivity contribution is 6.38. The van der Waals surface area contributed by atoms with Gasteiger partial charge in [0.1, 0.15) is 17.5 Å². The van der Waals surface area contributed by atoms with Crippen LogP contribution in [-0.2, 0) is 9.59 Å². The van der Waals surface area contributed by atoms with Crippen LogP contribution in [0.2, 0.25) is 0 Å². The molecule has 1 saturated heterocycles. The van der Waals surface area contributed by atoms with E-state index in [4.69, 9.17) is 9.47 Å². The van der Waals surface area contributed by atoms with Gasteiger partial charge >= 0.3 is 0 Å². The van der Waals surface area contributed by atoms with E-state index in [0.29, 0.717) is 60.1 Å². The van der Waals surface area contributed by atoms with Crippen LogP contribution in [0.1, 0.15) is 30.0 Å². The topological polar surface area (TPSA) is 117 Å². The number of carbonyl (C=O) groups excluding carboxylic acids is 2. The third-order valence-corrected chi connectivity index (χ3v) is 5.86. The predicted octanol–water partition coefficient (Wildman–Crippen LogP) is 2.17. The van der Waals surface area contributed by atoms with Gasteiger partial charge in [-0.1, -0.05) is 6.07 Å². The normalized spacial score (nSPS) is 17.1. The lowest BCUT2D eigenvalue weighted by molar-refractivity contribution is -0.145. The van der Waals surface area contributed by atoms with Crippen LogP contribution in [0, 0.1) is 11.3 Å². The molecule has 9 heteroatoms. The molecule has 0 saturated carbocycles. The lowest BCUT2D eigenvalue weighted by Crippen LogP contribution is -2.42. The molecule has 1 fully saturated rings. The van der Waals surface area contributed by atoms with Crippen molar-refractivity contribution in [3.63, 3.8) is 0 Å². The van der Waals surface area contributed by atoms with Crippen molar-refractivity contribution in [2.75, 3.05) is 39.2 Å². The van der Waals surface area contributed by atoms with E-state index in [1.54, 1.807) is 23.2 Å². The maximum atomic E-state index is 13.1. The molecular weight excluding hydrogens is 410 g/mol. The Bertz CT molecular complexity index is 1110. The van der Waals surface area contributed by atoms with Gasteiger partial charge in [0, 0.05) is 31.4 Å². The van der Waals surface area contributed by atoms with Crippen molar-refractivity contribution in [2.45, 2.75) is 18.8 Å². The number of anilines is 1. The molecule has 0 aromatic carbocycles. The number of rotatable bonds is 5. The Hall–Kier alpha value is -3.93. The maximum absolute atomic E-state index is 13.1. The second-order valence-corrected chi connectivity index (χ2v) is 7.52. The van der Waals surface area contributed by atoms with E-state index < -0.39 is 17.6 Å². The molecule has 32 heavy (non-hydrogen) atoms. The van der Waals surface area contributed by atoms with Crippen LogP contribution in [0.15, 0.2) is 36.2 Å². The van der Waals surface area contributed by atoms with Gasteiger partial charge in [0.25, 0.3) is 5.91 Å². The molecule has 1 N–H and O–H groups in total. The first-order chi connectivity index (χ1) is 15.6. The van der Waals surface area contributed by atoms with Crippen LogP contribution < -0.4 is 14.8 Å². The summed E-state index contributed by atoms with van der Waals surface area (Å²) < 4.78 is 10.6. The average molecular weight is 433 g/mol. The van der Waals surface area contributed by atoms with Crippen LogP contribution in [0.4, 0.5) is 5.69 Å². The summed E-state index contributed by atoms with van der Waals surface area (Å²) in [5.41, 5.74) is 3.30. The number of fused-ring (bicyclic) bond motifs is 1. The molecule has 164 valence electrons. The Balaban J connectivity index is 1.50. The first-order valence-corrected chi connectivity index (χ1v) is 10.3. The van der Waals surface area contributed by atoms with Gasteiger partial charge in [0.2, 0.25) is 11.7 Å². The van der Waals surface area contributed by atoms with Gasteiger partial charge in [-0.15, -0.1) is 0 Å². The van der Waals surface area contributed by atoms with Crippen LogP contribution in [0.25, 0.3) is 5.57 Å². The zero-order chi connectivity index (χ0) is 22.7. The molecule has 2 aliphatic rings. The van der Waals surface area contributed by atoms with E-state index in [2.05, 4.69) is 21.4 Å². The molecule has 1 unspecified atom stereocenters. The SMILES string of the molecule is COc1cnc(OC)c2c1C(C(=O)C(=O)N1CCC(=C(C#N)c3ccccn3)CC1)CN2. The third-order valence-electron chi connectivity index (χ3n) is 5.86. The van der Waals surface area contributed by atoms with Crippen LogP contribution in [0.5, 0.6) is 11.6 Å². The number of aromatic nitrogens is 2. The van der Waals surface area contributed by atoms with E-state index in [1.165, 1.54) is 20.4 Å². The molecule has 2 aliphatic heterocycles. The summed E-state index contributed by atoms with van der Waals surface area (Å²) in [6.45, 7) is 1.03. The molecule has 2 aromatic heterocycles. The second-order valence-electron chi connectivity index (χ2n) is 7.52. The Labute approximate surface area is 185 Å². The first kappa shape index (κ1) is 21.3. The number of likely N-dealkylation sites (tertiary alicyclic amines) is 1.